The first-order chi connectivity index (χ1) is 14.7. The number of halogens is 2. The predicted molar refractivity (Wildman–Crippen MR) is 112 cm³/mol. The van der Waals surface area contributed by atoms with Crippen molar-refractivity contribution in [1.82, 2.24) is 14.7 Å². The normalized spacial score (nSPS) is 17.0. The first-order valence-electron chi connectivity index (χ1n) is 9.31. The van der Waals surface area contributed by atoms with Crippen LogP contribution in [0.15, 0.2) is 36.0 Å². The molecular formula is C20H21ClFN5O4. The highest BCUT2D eigenvalue weighted by Crippen LogP contribution is 2.36. The second-order valence-electron chi connectivity index (χ2n) is 6.73. The number of nitrogens with zero attached hydrogens (tertiary/aromatic N) is 4. The van der Waals surface area contributed by atoms with E-state index >= 15 is 0 Å². The van der Waals surface area contributed by atoms with E-state index < -0.39 is 23.7 Å². The molecule has 2 amide bonds. The summed E-state index contributed by atoms with van der Waals surface area (Å²) >= 11 is 6.19. The molecule has 9 nitrogen and oxygen atoms in total. The number of ether oxygens (including phenoxy) is 2. The lowest BCUT2D eigenvalue weighted by molar-refractivity contribution is -0.118. The van der Waals surface area contributed by atoms with Crippen LogP contribution >= 0.6 is 11.6 Å². The van der Waals surface area contributed by atoms with E-state index in [0.717, 1.165) is 0 Å². The highest BCUT2D eigenvalue weighted by Gasteiger charge is 2.26. The summed E-state index contributed by atoms with van der Waals surface area (Å²) < 4.78 is 27.1. The molecule has 1 aromatic carbocycles. The minimum Gasteiger partial charge on any atom is -0.491 e. The molecular weight excluding hydrogens is 429 g/mol. The SMILES string of the molecule is C=CC1=Nc2c(cnn2C)C(=O)N(CC(N)=O)CCOc2ccc(F)c(Cl)c2C(C)O1. The number of rotatable bonds is 3. The number of nitrogens with two attached hydrogens (primary N) is 1. The zero-order valence-electron chi connectivity index (χ0n) is 17.0. The zero-order chi connectivity index (χ0) is 22.7. The summed E-state index contributed by atoms with van der Waals surface area (Å²) in [6.45, 7) is 5.02. The maximum atomic E-state index is 14.1. The summed E-state index contributed by atoms with van der Waals surface area (Å²) in [5.74, 6) is -1.33. The van der Waals surface area contributed by atoms with Gasteiger partial charge in [-0.3, -0.25) is 14.3 Å². The number of aromatic nitrogens is 2. The van der Waals surface area contributed by atoms with Crippen molar-refractivity contribution in [2.75, 3.05) is 19.7 Å². The largest absolute Gasteiger partial charge is 0.491 e. The van der Waals surface area contributed by atoms with E-state index in [1.807, 2.05) is 0 Å². The van der Waals surface area contributed by atoms with E-state index in [0.29, 0.717) is 0 Å². The van der Waals surface area contributed by atoms with Gasteiger partial charge in [0.1, 0.15) is 29.8 Å². The molecule has 3 rings (SSSR count). The molecule has 2 N–H and O–H groups in total. The van der Waals surface area contributed by atoms with E-state index in [2.05, 4.69) is 16.7 Å². The molecule has 0 bridgehead atoms. The fraction of sp³-hybridized carbons (Fsp3) is 0.300. The lowest BCUT2D eigenvalue weighted by atomic mass is 10.1. The molecule has 11 heteroatoms. The second kappa shape index (κ2) is 9.17. The van der Waals surface area contributed by atoms with Gasteiger partial charge < -0.3 is 20.1 Å². The number of amides is 2. The number of aliphatic imine (C=N–C) groups is 1. The third-order valence-corrected chi connectivity index (χ3v) is 4.96. The molecule has 0 fully saturated rings. The summed E-state index contributed by atoms with van der Waals surface area (Å²) in [4.78, 5) is 30.2. The minimum atomic E-state index is -0.759. The summed E-state index contributed by atoms with van der Waals surface area (Å²) in [6.07, 6.45) is 1.91. The van der Waals surface area contributed by atoms with Crippen LogP contribution in [0.5, 0.6) is 5.75 Å². The number of fused-ring (bicyclic) bond motifs is 2. The van der Waals surface area contributed by atoms with Gasteiger partial charge in [0.2, 0.25) is 11.8 Å². The Bertz CT molecular complexity index is 1070. The molecule has 31 heavy (non-hydrogen) atoms. The third-order valence-electron chi connectivity index (χ3n) is 4.58. The highest BCUT2D eigenvalue weighted by molar-refractivity contribution is 6.31. The molecule has 1 aromatic heterocycles. The number of carbonyl (C=O) groups is 2. The zero-order valence-corrected chi connectivity index (χ0v) is 17.7. The van der Waals surface area contributed by atoms with Gasteiger partial charge in [0, 0.05) is 7.05 Å². The molecule has 1 aliphatic heterocycles. The van der Waals surface area contributed by atoms with Gasteiger partial charge in [-0.15, -0.1) is 0 Å². The van der Waals surface area contributed by atoms with Crippen molar-refractivity contribution in [2.45, 2.75) is 13.0 Å². The fourth-order valence-corrected chi connectivity index (χ4v) is 3.42. The van der Waals surface area contributed by atoms with Crippen LogP contribution in [0, 0.1) is 5.82 Å². The molecule has 0 spiro atoms. The van der Waals surface area contributed by atoms with Crippen molar-refractivity contribution in [3.8, 4) is 5.75 Å². The van der Waals surface area contributed by atoms with Crippen molar-refractivity contribution < 1.29 is 23.5 Å². The topological polar surface area (TPSA) is 112 Å². The van der Waals surface area contributed by atoms with Gasteiger partial charge in [-0.1, -0.05) is 18.2 Å². The van der Waals surface area contributed by atoms with Crippen molar-refractivity contribution in [2.24, 2.45) is 17.8 Å². The Morgan fingerprint density at radius 3 is 2.90 bits per heavy atom. The molecule has 1 unspecified atom stereocenters. The highest BCUT2D eigenvalue weighted by atomic mass is 35.5. The quantitative estimate of drug-likeness (QED) is 0.773. The second-order valence-corrected chi connectivity index (χ2v) is 7.11. The Morgan fingerprint density at radius 1 is 1.48 bits per heavy atom. The van der Waals surface area contributed by atoms with Gasteiger partial charge in [-0.25, -0.2) is 4.39 Å². The Hall–Kier alpha value is -3.40. The average molecular weight is 450 g/mol. The third kappa shape index (κ3) is 4.69. The summed E-state index contributed by atoms with van der Waals surface area (Å²) in [5, 5.41) is 3.92. The number of carbonyl (C=O) groups excluding carboxylic acids is 2. The van der Waals surface area contributed by atoms with Crippen LogP contribution in [-0.4, -0.2) is 52.1 Å². The van der Waals surface area contributed by atoms with Crippen LogP contribution in [0.25, 0.3) is 0 Å². The lowest BCUT2D eigenvalue weighted by Gasteiger charge is -2.22. The summed E-state index contributed by atoms with van der Waals surface area (Å²) in [7, 11) is 1.60. The Balaban J connectivity index is 2.14. The smallest absolute Gasteiger partial charge is 0.259 e. The molecule has 0 saturated heterocycles. The Labute approximate surface area is 182 Å². The van der Waals surface area contributed by atoms with Gasteiger partial charge >= 0.3 is 0 Å². The van der Waals surface area contributed by atoms with E-state index in [-0.39, 0.29) is 53.3 Å². The first-order valence-corrected chi connectivity index (χ1v) is 9.68. The van der Waals surface area contributed by atoms with E-state index in [1.54, 1.807) is 14.0 Å². The maximum absolute atomic E-state index is 14.1. The monoisotopic (exact) mass is 449 g/mol. The lowest BCUT2D eigenvalue weighted by Crippen LogP contribution is -2.40. The molecule has 0 aliphatic carbocycles. The number of hydrogen-bond acceptors (Lipinski definition) is 6. The molecule has 0 radical (unpaired) electrons. The van der Waals surface area contributed by atoms with Crippen LogP contribution in [0.3, 0.4) is 0 Å². The molecule has 1 aliphatic rings. The average Bonchev–Trinajstić information content (AvgIpc) is 3.08. The van der Waals surface area contributed by atoms with Gasteiger partial charge in [-0.2, -0.15) is 10.1 Å². The molecule has 1 atom stereocenters. The summed E-state index contributed by atoms with van der Waals surface area (Å²) in [5.41, 5.74) is 5.72. The van der Waals surface area contributed by atoms with Crippen molar-refractivity contribution >= 4 is 35.1 Å². The number of benzene rings is 1. The fourth-order valence-electron chi connectivity index (χ4n) is 3.11. The van der Waals surface area contributed by atoms with Gasteiger partial charge in [0.25, 0.3) is 5.91 Å². The Morgan fingerprint density at radius 2 is 2.23 bits per heavy atom. The van der Waals surface area contributed by atoms with E-state index in [1.165, 1.54) is 34.0 Å². The van der Waals surface area contributed by atoms with Crippen LogP contribution in [0.1, 0.15) is 28.9 Å². The van der Waals surface area contributed by atoms with Crippen LogP contribution in [0.4, 0.5) is 10.2 Å². The molecule has 164 valence electrons. The van der Waals surface area contributed by atoms with Crippen molar-refractivity contribution in [3.63, 3.8) is 0 Å². The van der Waals surface area contributed by atoms with Crippen LogP contribution in [0.2, 0.25) is 5.02 Å². The predicted octanol–water partition coefficient (Wildman–Crippen LogP) is 2.53. The van der Waals surface area contributed by atoms with Gasteiger partial charge in [0.05, 0.1) is 29.9 Å². The van der Waals surface area contributed by atoms with Gasteiger partial charge in [0.15, 0.2) is 5.82 Å². The van der Waals surface area contributed by atoms with Crippen LogP contribution in [-0.2, 0) is 16.6 Å². The van der Waals surface area contributed by atoms with Crippen molar-refractivity contribution in [3.05, 3.63) is 53.0 Å². The number of hydrogen-bond donors (Lipinski definition) is 1. The number of primary amides is 1. The van der Waals surface area contributed by atoms with Gasteiger partial charge in [-0.05, 0) is 25.1 Å². The molecule has 0 saturated carbocycles. The minimum absolute atomic E-state index is 0.00846. The summed E-state index contributed by atoms with van der Waals surface area (Å²) in [6, 6.07) is 2.59. The number of aryl methyl sites for hydroxylation is 1. The maximum Gasteiger partial charge on any atom is 0.259 e. The first kappa shape index (κ1) is 22.3. The van der Waals surface area contributed by atoms with Crippen molar-refractivity contribution in [1.29, 1.82) is 0 Å². The van der Waals surface area contributed by atoms with E-state index in [9.17, 15) is 14.0 Å². The Kier molecular flexibility index (Phi) is 6.59. The molecule has 2 heterocycles. The van der Waals surface area contributed by atoms with Crippen LogP contribution < -0.4 is 10.5 Å². The molecule has 2 aromatic rings. The van der Waals surface area contributed by atoms with E-state index in [4.69, 9.17) is 26.8 Å². The standard InChI is InChI=1S/C20H21ClFN5O4/c1-4-16-25-19-12(9-24-26(19)3)20(29)27(10-15(23)28)7-8-30-14-6-5-13(22)18(21)17(14)11(2)31-16/h4-6,9,11H,1,7-8,10H2,2-3H3,(H2,23,28).